The van der Waals surface area contributed by atoms with Gasteiger partial charge in [-0.25, -0.2) is 0 Å². The van der Waals surface area contributed by atoms with Crippen LogP contribution in [0.15, 0.2) is 24.3 Å². The van der Waals surface area contributed by atoms with Gasteiger partial charge in [0.15, 0.2) is 0 Å². The summed E-state index contributed by atoms with van der Waals surface area (Å²) in [6, 6.07) is 8.59. The van der Waals surface area contributed by atoms with Gasteiger partial charge in [0.2, 0.25) is 5.91 Å². The van der Waals surface area contributed by atoms with Crippen LogP contribution in [-0.2, 0) is 17.9 Å². The van der Waals surface area contributed by atoms with E-state index in [2.05, 4.69) is 46.4 Å². The van der Waals surface area contributed by atoms with E-state index in [-0.39, 0.29) is 5.91 Å². The molecule has 5 heteroatoms. The summed E-state index contributed by atoms with van der Waals surface area (Å²) in [5, 5.41) is 3.06. The van der Waals surface area contributed by atoms with Gasteiger partial charge >= 0.3 is 0 Å². The Morgan fingerprint density at radius 2 is 1.64 bits per heavy atom. The number of hydrogen-bond acceptors (Lipinski definition) is 4. The molecule has 0 atom stereocenters. The van der Waals surface area contributed by atoms with Crippen molar-refractivity contribution >= 4 is 5.91 Å². The van der Waals surface area contributed by atoms with E-state index in [4.69, 9.17) is 5.73 Å². The molecule has 0 saturated carbocycles. The van der Waals surface area contributed by atoms with E-state index in [1.807, 2.05) is 13.8 Å². The molecule has 0 bridgehead atoms. The van der Waals surface area contributed by atoms with Crippen LogP contribution >= 0.6 is 0 Å². The number of carbonyl (C=O) groups is 1. The van der Waals surface area contributed by atoms with Crippen LogP contribution in [-0.4, -0.2) is 55.5 Å². The minimum atomic E-state index is -0.429. The molecule has 2 rings (SSSR count). The van der Waals surface area contributed by atoms with Gasteiger partial charge in [-0.2, -0.15) is 0 Å². The van der Waals surface area contributed by atoms with Crippen LogP contribution in [0.25, 0.3) is 0 Å². The molecule has 1 aromatic rings. The summed E-state index contributed by atoms with van der Waals surface area (Å²) in [4.78, 5) is 17.4. The monoisotopic (exact) mass is 346 g/mol. The normalized spacial score (nSPS) is 16.8. The lowest BCUT2D eigenvalue weighted by Gasteiger charge is -2.32. The summed E-state index contributed by atoms with van der Waals surface area (Å²) in [6.07, 6.45) is 1.55. The van der Waals surface area contributed by atoms with Gasteiger partial charge < -0.3 is 16.0 Å². The van der Waals surface area contributed by atoms with E-state index >= 15 is 0 Å². The molecule has 1 fully saturated rings. The first-order valence-corrected chi connectivity index (χ1v) is 9.50. The fourth-order valence-corrected chi connectivity index (χ4v) is 3.35. The Labute approximate surface area is 152 Å². The Hall–Kier alpha value is -1.43. The SMILES string of the molecule is CCC(CC)(CN)C(=O)NCc1ccc(CN2CCN(C)CC2)cc1. The Kier molecular flexibility index (Phi) is 7.41. The van der Waals surface area contributed by atoms with Crippen molar-refractivity contribution in [3.05, 3.63) is 35.4 Å². The zero-order valence-corrected chi connectivity index (χ0v) is 16.1. The summed E-state index contributed by atoms with van der Waals surface area (Å²) in [5.74, 6) is 0.0708. The number of amides is 1. The van der Waals surface area contributed by atoms with Crippen molar-refractivity contribution in [3.8, 4) is 0 Å². The van der Waals surface area contributed by atoms with Crippen molar-refractivity contribution < 1.29 is 4.79 Å². The smallest absolute Gasteiger partial charge is 0.227 e. The average Bonchev–Trinajstić information content (AvgIpc) is 2.65. The molecule has 1 aliphatic rings. The lowest BCUT2D eigenvalue weighted by Crippen LogP contribution is -2.45. The first kappa shape index (κ1) is 19.9. The summed E-state index contributed by atoms with van der Waals surface area (Å²) in [5.41, 5.74) is 7.88. The standard InChI is InChI=1S/C20H34N4O/c1-4-20(5-2,16-21)19(25)22-14-17-6-8-18(9-7-17)15-24-12-10-23(3)11-13-24/h6-9H,4-5,10-16,21H2,1-3H3,(H,22,25). The van der Waals surface area contributed by atoms with Crippen molar-refractivity contribution in [3.63, 3.8) is 0 Å². The molecule has 0 radical (unpaired) electrons. The van der Waals surface area contributed by atoms with Crippen molar-refractivity contribution in [1.29, 1.82) is 0 Å². The summed E-state index contributed by atoms with van der Waals surface area (Å²) < 4.78 is 0. The first-order valence-electron chi connectivity index (χ1n) is 9.50. The van der Waals surface area contributed by atoms with Crippen molar-refractivity contribution in [1.82, 2.24) is 15.1 Å². The lowest BCUT2D eigenvalue weighted by atomic mass is 9.81. The van der Waals surface area contributed by atoms with E-state index in [0.717, 1.165) is 51.1 Å². The average molecular weight is 347 g/mol. The molecule has 3 N–H and O–H groups in total. The van der Waals surface area contributed by atoms with Gasteiger partial charge in [-0.3, -0.25) is 9.69 Å². The Morgan fingerprint density at radius 1 is 1.08 bits per heavy atom. The van der Waals surface area contributed by atoms with Crippen LogP contribution < -0.4 is 11.1 Å². The third-order valence-corrected chi connectivity index (χ3v) is 5.70. The number of nitrogens with two attached hydrogens (primary N) is 1. The van der Waals surface area contributed by atoms with E-state index in [0.29, 0.717) is 13.1 Å². The third-order valence-electron chi connectivity index (χ3n) is 5.70. The van der Waals surface area contributed by atoms with Crippen LogP contribution in [0.1, 0.15) is 37.8 Å². The highest BCUT2D eigenvalue weighted by Gasteiger charge is 2.32. The zero-order chi connectivity index (χ0) is 18.3. The minimum Gasteiger partial charge on any atom is -0.352 e. The van der Waals surface area contributed by atoms with Crippen molar-refractivity contribution in [2.75, 3.05) is 39.8 Å². The van der Waals surface area contributed by atoms with Gasteiger partial charge in [0, 0.05) is 45.8 Å². The predicted molar refractivity (Wildman–Crippen MR) is 103 cm³/mol. The van der Waals surface area contributed by atoms with Crippen molar-refractivity contribution in [2.24, 2.45) is 11.1 Å². The van der Waals surface area contributed by atoms with E-state index in [1.165, 1.54) is 5.56 Å². The molecular formula is C20H34N4O. The topological polar surface area (TPSA) is 61.6 Å². The molecule has 25 heavy (non-hydrogen) atoms. The molecule has 0 aliphatic carbocycles. The van der Waals surface area contributed by atoms with E-state index in [1.54, 1.807) is 0 Å². The Balaban J connectivity index is 1.85. The molecule has 0 aromatic heterocycles. The zero-order valence-electron chi connectivity index (χ0n) is 16.1. The molecule has 1 saturated heterocycles. The maximum Gasteiger partial charge on any atom is 0.227 e. The number of rotatable bonds is 8. The van der Waals surface area contributed by atoms with Gasteiger partial charge in [-0.1, -0.05) is 38.1 Å². The maximum atomic E-state index is 12.5. The summed E-state index contributed by atoms with van der Waals surface area (Å²) in [6.45, 7) is 10.6. The van der Waals surface area contributed by atoms with Crippen LogP contribution in [0, 0.1) is 5.41 Å². The number of nitrogens with one attached hydrogen (secondary N) is 1. The number of piperazine rings is 1. The van der Waals surface area contributed by atoms with Gasteiger partial charge in [0.1, 0.15) is 0 Å². The second-order valence-electron chi connectivity index (χ2n) is 7.27. The number of nitrogens with zero attached hydrogens (tertiary/aromatic N) is 2. The molecular weight excluding hydrogens is 312 g/mol. The van der Waals surface area contributed by atoms with Crippen molar-refractivity contribution in [2.45, 2.75) is 39.8 Å². The Morgan fingerprint density at radius 3 is 2.16 bits per heavy atom. The highest BCUT2D eigenvalue weighted by Crippen LogP contribution is 2.25. The highest BCUT2D eigenvalue weighted by molar-refractivity contribution is 5.82. The molecule has 1 amide bonds. The predicted octanol–water partition coefficient (Wildman–Crippen LogP) is 1.82. The van der Waals surface area contributed by atoms with Crippen LogP contribution in [0.2, 0.25) is 0 Å². The van der Waals surface area contributed by atoms with E-state index < -0.39 is 5.41 Å². The highest BCUT2D eigenvalue weighted by atomic mass is 16.2. The third kappa shape index (κ3) is 5.27. The second-order valence-corrected chi connectivity index (χ2v) is 7.27. The fourth-order valence-electron chi connectivity index (χ4n) is 3.35. The molecule has 0 spiro atoms. The summed E-state index contributed by atoms with van der Waals surface area (Å²) in [7, 11) is 2.18. The molecule has 1 heterocycles. The Bertz CT molecular complexity index is 523. The number of likely N-dealkylation sites (N-methyl/N-ethyl adjacent to an activating group) is 1. The number of hydrogen-bond donors (Lipinski definition) is 2. The summed E-state index contributed by atoms with van der Waals surface area (Å²) >= 11 is 0. The molecule has 140 valence electrons. The first-order chi connectivity index (χ1) is 12.0. The lowest BCUT2D eigenvalue weighted by molar-refractivity contribution is -0.131. The second kappa shape index (κ2) is 9.32. The fraction of sp³-hybridized carbons (Fsp3) is 0.650. The van der Waals surface area contributed by atoms with Crippen LogP contribution in [0.4, 0.5) is 0 Å². The quantitative estimate of drug-likeness (QED) is 0.754. The van der Waals surface area contributed by atoms with Crippen LogP contribution in [0.3, 0.4) is 0 Å². The van der Waals surface area contributed by atoms with E-state index in [9.17, 15) is 4.79 Å². The molecule has 5 nitrogen and oxygen atoms in total. The molecule has 1 aromatic carbocycles. The van der Waals surface area contributed by atoms with Crippen LogP contribution in [0.5, 0.6) is 0 Å². The minimum absolute atomic E-state index is 0.0708. The molecule has 0 unspecified atom stereocenters. The van der Waals surface area contributed by atoms with Gasteiger partial charge in [0.25, 0.3) is 0 Å². The number of benzene rings is 1. The van der Waals surface area contributed by atoms with Gasteiger partial charge in [-0.05, 0) is 31.0 Å². The maximum absolute atomic E-state index is 12.5. The molecule has 1 aliphatic heterocycles. The number of carbonyl (C=O) groups excluding carboxylic acids is 1. The van der Waals surface area contributed by atoms with Gasteiger partial charge in [-0.15, -0.1) is 0 Å². The largest absolute Gasteiger partial charge is 0.352 e. The van der Waals surface area contributed by atoms with Gasteiger partial charge in [0.05, 0.1) is 5.41 Å².